The number of aromatic nitrogens is 3. The normalized spacial score (nSPS) is 11.4. The van der Waals surface area contributed by atoms with E-state index >= 15 is 0 Å². The first kappa shape index (κ1) is 19.9. The van der Waals surface area contributed by atoms with Crippen LogP contribution in [0.5, 0.6) is 0 Å². The van der Waals surface area contributed by atoms with Gasteiger partial charge in [0.05, 0.1) is 21.8 Å². The monoisotopic (exact) mass is 445 g/mol. The standard InChI is InChI=1S/C19H13F2N5O2S2/c20-13-5-2-6-14(21)18(13)30(27,28)26-12-4-1-3-11(9-12)16-17(29-10-24-16)15-7-8-23-19(22)25-15/h1-10,26H,(H2,22,23,25). The van der Waals surface area contributed by atoms with Crippen LogP contribution in [0.15, 0.2) is 65.1 Å². The Bertz CT molecular complexity index is 1320. The Morgan fingerprint density at radius 2 is 1.73 bits per heavy atom. The summed E-state index contributed by atoms with van der Waals surface area (Å²) >= 11 is 1.33. The lowest BCUT2D eigenvalue weighted by Gasteiger charge is -2.11. The van der Waals surface area contributed by atoms with Gasteiger partial charge in [-0.3, -0.25) is 4.72 Å². The van der Waals surface area contributed by atoms with Crippen LogP contribution in [0.25, 0.3) is 21.8 Å². The first-order valence-corrected chi connectivity index (χ1v) is 10.8. The van der Waals surface area contributed by atoms with E-state index in [9.17, 15) is 17.2 Å². The van der Waals surface area contributed by atoms with Crippen LogP contribution in [0.2, 0.25) is 0 Å². The topological polar surface area (TPSA) is 111 Å². The molecule has 7 nitrogen and oxygen atoms in total. The number of nitrogens with one attached hydrogen (secondary N) is 1. The minimum atomic E-state index is -4.48. The number of rotatable bonds is 5. The number of nitrogens with zero attached hydrogens (tertiary/aromatic N) is 3. The maximum Gasteiger partial charge on any atom is 0.267 e. The van der Waals surface area contributed by atoms with Gasteiger partial charge in [-0.1, -0.05) is 18.2 Å². The molecule has 30 heavy (non-hydrogen) atoms. The lowest BCUT2D eigenvalue weighted by atomic mass is 10.1. The van der Waals surface area contributed by atoms with Crippen molar-refractivity contribution in [2.75, 3.05) is 10.5 Å². The molecule has 3 N–H and O–H groups in total. The molecule has 152 valence electrons. The molecule has 0 fully saturated rings. The van der Waals surface area contributed by atoms with E-state index in [1.807, 2.05) is 0 Å². The zero-order valence-electron chi connectivity index (χ0n) is 15.1. The second kappa shape index (κ2) is 7.76. The van der Waals surface area contributed by atoms with E-state index in [0.29, 0.717) is 21.8 Å². The quantitative estimate of drug-likeness (QED) is 0.482. The van der Waals surface area contributed by atoms with Crippen LogP contribution in [-0.2, 0) is 10.0 Å². The van der Waals surface area contributed by atoms with Crippen LogP contribution >= 0.6 is 11.3 Å². The maximum absolute atomic E-state index is 13.9. The van der Waals surface area contributed by atoms with Gasteiger partial charge in [0, 0.05) is 17.4 Å². The first-order valence-electron chi connectivity index (χ1n) is 8.45. The predicted molar refractivity (Wildman–Crippen MR) is 110 cm³/mol. The van der Waals surface area contributed by atoms with Gasteiger partial charge < -0.3 is 5.73 Å². The summed E-state index contributed by atoms with van der Waals surface area (Å²) in [6.07, 6.45) is 1.52. The van der Waals surface area contributed by atoms with E-state index in [1.54, 1.807) is 23.7 Å². The molecule has 0 radical (unpaired) electrons. The Kier molecular flexibility index (Phi) is 5.14. The molecule has 0 saturated heterocycles. The number of benzene rings is 2. The SMILES string of the molecule is Nc1nccc(-c2scnc2-c2cccc(NS(=O)(=O)c3c(F)cccc3F)c2)n1. The van der Waals surface area contributed by atoms with E-state index in [2.05, 4.69) is 19.7 Å². The summed E-state index contributed by atoms with van der Waals surface area (Å²) in [6, 6.07) is 10.8. The van der Waals surface area contributed by atoms with Gasteiger partial charge in [-0.25, -0.2) is 32.2 Å². The van der Waals surface area contributed by atoms with Crippen molar-refractivity contribution in [3.8, 4) is 21.8 Å². The average Bonchev–Trinajstić information content (AvgIpc) is 3.17. The number of sulfonamides is 1. The Morgan fingerprint density at radius 3 is 2.47 bits per heavy atom. The fraction of sp³-hybridized carbons (Fsp3) is 0. The van der Waals surface area contributed by atoms with Gasteiger partial charge >= 0.3 is 0 Å². The summed E-state index contributed by atoms with van der Waals surface area (Å²) in [5.41, 5.74) is 9.09. The van der Waals surface area contributed by atoms with Crippen LogP contribution in [0.1, 0.15) is 0 Å². The molecule has 0 spiro atoms. The number of hydrogen-bond donors (Lipinski definition) is 2. The number of nitrogens with two attached hydrogens (primary N) is 1. The number of nitrogen functional groups attached to an aromatic ring is 1. The Labute approximate surface area is 174 Å². The molecular weight excluding hydrogens is 432 g/mol. The van der Waals surface area contributed by atoms with E-state index in [0.717, 1.165) is 18.2 Å². The highest BCUT2D eigenvalue weighted by atomic mass is 32.2. The largest absolute Gasteiger partial charge is 0.368 e. The third kappa shape index (κ3) is 3.84. The minimum absolute atomic E-state index is 0.111. The Morgan fingerprint density at radius 1 is 1.00 bits per heavy atom. The van der Waals surface area contributed by atoms with Crippen molar-refractivity contribution in [2.24, 2.45) is 0 Å². The summed E-state index contributed by atoms with van der Waals surface area (Å²) in [5.74, 6) is -2.25. The molecule has 4 aromatic rings. The summed E-state index contributed by atoms with van der Waals surface area (Å²) in [4.78, 5) is 12.1. The smallest absolute Gasteiger partial charge is 0.267 e. The minimum Gasteiger partial charge on any atom is -0.368 e. The van der Waals surface area contributed by atoms with Crippen molar-refractivity contribution in [1.82, 2.24) is 15.0 Å². The highest BCUT2D eigenvalue weighted by Gasteiger charge is 2.24. The van der Waals surface area contributed by atoms with Crippen molar-refractivity contribution in [3.63, 3.8) is 0 Å². The third-order valence-electron chi connectivity index (χ3n) is 4.05. The third-order valence-corrected chi connectivity index (χ3v) is 6.33. The van der Waals surface area contributed by atoms with Crippen LogP contribution < -0.4 is 10.5 Å². The fourth-order valence-electron chi connectivity index (χ4n) is 2.81. The van der Waals surface area contributed by atoms with E-state index in [-0.39, 0.29) is 11.6 Å². The summed E-state index contributed by atoms with van der Waals surface area (Å²) in [6.45, 7) is 0. The van der Waals surface area contributed by atoms with Gasteiger partial charge in [0.15, 0.2) is 4.90 Å². The van der Waals surface area contributed by atoms with Gasteiger partial charge in [0.2, 0.25) is 5.95 Å². The number of hydrogen-bond acceptors (Lipinski definition) is 7. The van der Waals surface area contributed by atoms with Crippen molar-refractivity contribution in [1.29, 1.82) is 0 Å². The van der Waals surface area contributed by atoms with Gasteiger partial charge in [0.25, 0.3) is 10.0 Å². The lowest BCUT2D eigenvalue weighted by molar-refractivity contribution is 0.521. The second-order valence-corrected chi connectivity index (χ2v) is 8.54. The molecule has 0 amide bonds. The summed E-state index contributed by atoms with van der Waals surface area (Å²) in [5, 5.41) is 0. The maximum atomic E-state index is 13.9. The zero-order valence-corrected chi connectivity index (χ0v) is 16.7. The molecule has 4 rings (SSSR count). The summed E-state index contributed by atoms with van der Waals surface area (Å²) < 4.78 is 55.1. The van der Waals surface area contributed by atoms with Gasteiger partial charge in [-0.05, 0) is 30.3 Å². The number of anilines is 2. The van der Waals surface area contributed by atoms with E-state index in [4.69, 9.17) is 5.73 Å². The first-order chi connectivity index (χ1) is 14.3. The van der Waals surface area contributed by atoms with Crippen molar-refractivity contribution >= 4 is 33.0 Å². The van der Waals surface area contributed by atoms with Crippen LogP contribution in [-0.4, -0.2) is 23.4 Å². The molecule has 2 aromatic carbocycles. The molecule has 0 aliphatic carbocycles. The Balaban J connectivity index is 1.71. The molecule has 2 aromatic heterocycles. The highest BCUT2D eigenvalue weighted by Crippen LogP contribution is 2.35. The molecule has 0 bridgehead atoms. The van der Waals surface area contributed by atoms with Crippen molar-refractivity contribution < 1.29 is 17.2 Å². The molecule has 0 aliphatic heterocycles. The molecule has 0 atom stereocenters. The molecule has 2 heterocycles. The van der Waals surface area contributed by atoms with Crippen LogP contribution in [0.3, 0.4) is 0 Å². The average molecular weight is 445 g/mol. The number of thiazole rings is 1. The van der Waals surface area contributed by atoms with Gasteiger partial charge in [-0.15, -0.1) is 11.3 Å². The van der Waals surface area contributed by atoms with Crippen molar-refractivity contribution in [3.05, 3.63) is 71.9 Å². The number of halogens is 2. The van der Waals surface area contributed by atoms with Gasteiger partial charge in [0.1, 0.15) is 11.6 Å². The zero-order chi connectivity index (χ0) is 21.3. The van der Waals surface area contributed by atoms with E-state index in [1.165, 1.54) is 29.7 Å². The fourth-order valence-corrected chi connectivity index (χ4v) is 4.78. The van der Waals surface area contributed by atoms with Crippen LogP contribution in [0, 0.1) is 11.6 Å². The highest BCUT2D eigenvalue weighted by molar-refractivity contribution is 7.92. The molecule has 11 heteroatoms. The van der Waals surface area contributed by atoms with Gasteiger partial charge in [-0.2, -0.15) is 0 Å². The molecule has 0 unspecified atom stereocenters. The summed E-state index contributed by atoms with van der Waals surface area (Å²) in [7, 11) is -4.48. The predicted octanol–water partition coefficient (Wildman–Crippen LogP) is 3.93. The molecule has 0 aliphatic rings. The van der Waals surface area contributed by atoms with E-state index < -0.39 is 26.6 Å². The van der Waals surface area contributed by atoms with Crippen molar-refractivity contribution in [2.45, 2.75) is 4.90 Å². The second-order valence-electron chi connectivity index (χ2n) is 6.07. The molecular formula is C19H13F2N5O2S2. The lowest BCUT2D eigenvalue weighted by Crippen LogP contribution is -2.16. The van der Waals surface area contributed by atoms with Crippen LogP contribution in [0.4, 0.5) is 20.4 Å². The Hall–Kier alpha value is -3.44. The molecule has 0 saturated carbocycles.